The number of benzene rings is 3. The van der Waals surface area contributed by atoms with Crippen LogP contribution in [0, 0.1) is 0 Å². The molecule has 0 saturated heterocycles. The number of hydrogen-bond donors (Lipinski definition) is 0. The molecule has 0 heterocycles. The van der Waals surface area contributed by atoms with E-state index in [9.17, 15) is 0 Å². The summed E-state index contributed by atoms with van der Waals surface area (Å²) in [6, 6.07) is 29.6. The van der Waals surface area contributed by atoms with Crippen molar-refractivity contribution in [2.75, 3.05) is 0 Å². The number of rotatable bonds is 5. The first kappa shape index (κ1) is 21.0. The van der Waals surface area contributed by atoms with Crippen LogP contribution in [0.5, 0.6) is 0 Å². The molecule has 0 spiro atoms. The summed E-state index contributed by atoms with van der Waals surface area (Å²) in [5, 5.41) is 5.91. The highest BCUT2D eigenvalue weighted by atomic mass is 31.1. The van der Waals surface area contributed by atoms with Gasteiger partial charge in [0.15, 0.2) is 0 Å². The minimum Gasteiger partial charge on any atom is -0.0686 e. The van der Waals surface area contributed by atoms with Gasteiger partial charge >= 0.3 is 0 Å². The van der Waals surface area contributed by atoms with Crippen LogP contribution in [-0.2, 0) is 0 Å². The van der Waals surface area contributed by atoms with E-state index in [1.54, 1.807) is 5.19 Å². The monoisotopic (exact) mass is 426 g/mol. The topological polar surface area (TPSA) is 0 Å². The van der Waals surface area contributed by atoms with Crippen molar-refractivity contribution in [3.05, 3.63) is 102 Å². The maximum atomic E-state index is 2.56. The van der Waals surface area contributed by atoms with Crippen molar-refractivity contribution in [3.63, 3.8) is 0 Å². The average Bonchev–Trinajstić information content (AvgIpc) is 3.07. The molecule has 0 N–H and O–H groups in total. The molecule has 30 heavy (non-hydrogen) atoms. The molecule has 152 valence electrons. The summed E-state index contributed by atoms with van der Waals surface area (Å²) >= 11 is 0. The first-order valence-electron chi connectivity index (χ1n) is 10.8. The van der Waals surface area contributed by atoms with E-state index in [2.05, 4.69) is 118 Å². The highest BCUT2D eigenvalue weighted by molar-refractivity contribution is 7.80. The molecule has 0 atom stereocenters. The highest BCUT2D eigenvalue weighted by Crippen LogP contribution is 2.39. The largest absolute Gasteiger partial charge is 0.0776 e. The highest BCUT2D eigenvalue weighted by Gasteiger charge is 2.26. The first-order valence-corrected chi connectivity index (χ1v) is 15.6. The van der Waals surface area contributed by atoms with E-state index in [0.717, 1.165) is 6.42 Å². The Kier molecular flexibility index (Phi) is 5.96. The second-order valence-corrected chi connectivity index (χ2v) is 16.6. The van der Waals surface area contributed by atoms with Crippen molar-refractivity contribution in [2.45, 2.75) is 39.9 Å². The van der Waals surface area contributed by atoms with E-state index < -0.39 is 16.0 Å². The van der Waals surface area contributed by atoms with Crippen LogP contribution >= 0.6 is 7.92 Å². The number of hydrogen-bond acceptors (Lipinski definition) is 0. The van der Waals surface area contributed by atoms with E-state index in [1.807, 2.05) is 0 Å². The molecule has 2 heteroatoms. The molecule has 0 fully saturated rings. The molecular weight excluding hydrogens is 395 g/mol. The molecule has 0 aromatic heterocycles. The zero-order valence-electron chi connectivity index (χ0n) is 18.7. The van der Waals surface area contributed by atoms with Crippen molar-refractivity contribution in [1.82, 2.24) is 0 Å². The van der Waals surface area contributed by atoms with Gasteiger partial charge in [0.25, 0.3) is 0 Å². The maximum absolute atomic E-state index is 2.56. The van der Waals surface area contributed by atoms with E-state index in [1.165, 1.54) is 38.2 Å². The van der Waals surface area contributed by atoms with Crippen molar-refractivity contribution in [3.8, 4) is 0 Å². The average molecular weight is 427 g/mol. The predicted molar refractivity (Wildman–Crippen MR) is 139 cm³/mol. The van der Waals surface area contributed by atoms with Gasteiger partial charge in [-0.3, -0.25) is 0 Å². The molecule has 0 radical (unpaired) electrons. The van der Waals surface area contributed by atoms with Gasteiger partial charge in [-0.05, 0) is 60.8 Å². The minimum absolute atomic E-state index is 0.615. The SMILES string of the molecule is CC1=CC(C)=C(c2ccc([Si](C)(C)C)cc2P(c2ccccc2)c2ccccc2)C1. The Morgan fingerprint density at radius 3 is 1.77 bits per heavy atom. The zero-order chi connectivity index (χ0) is 21.3. The van der Waals surface area contributed by atoms with Crippen molar-refractivity contribution >= 4 is 42.7 Å². The van der Waals surface area contributed by atoms with Gasteiger partial charge in [-0.15, -0.1) is 0 Å². The molecule has 4 rings (SSSR count). The molecule has 0 aliphatic heterocycles. The fourth-order valence-corrected chi connectivity index (χ4v) is 8.05. The summed E-state index contributed by atoms with van der Waals surface area (Å²) in [5.41, 5.74) is 5.84. The Balaban J connectivity index is 1.98. The van der Waals surface area contributed by atoms with Gasteiger partial charge in [0.2, 0.25) is 0 Å². The van der Waals surface area contributed by atoms with Gasteiger partial charge < -0.3 is 0 Å². The van der Waals surface area contributed by atoms with E-state index in [-0.39, 0.29) is 0 Å². The van der Waals surface area contributed by atoms with Gasteiger partial charge in [-0.1, -0.05) is 115 Å². The lowest BCUT2D eigenvalue weighted by Crippen LogP contribution is -2.40. The molecular formula is C28H31PSi. The molecule has 1 aliphatic rings. The Morgan fingerprint density at radius 1 is 0.733 bits per heavy atom. The van der Waals surface area contributed by atoms with E-state index in [4.69, 9.17) is 0 Å². The summed E-state index contributed by atoms with van der Waals surface area (Å²) in [7, 11) is -2.04. The second-order valence-electron chi connectivity index (χ2n) is 9.32. The van der Waals surface area contributed by atoms with Crippen LogP contribution in [0.4, 0.5) is 0 Å². The smallest absolute Gasteiger partial charge is 0.0686 e. The van der Waals surface area contributed by atoms with Crippen LogP contribution in [0.2, 0.25) is 19.6 Å². The summed E-state index contributed by atoms with van der Waals surface area (Å²) in [6.45, 7) is 11.9. The molecule has 3 aromatic carbocycles. The summed E-state index contributed by atoms with van der Waals surface area (Å²) in [5.74, 6) is 0. The lowest BCUT2D eigenvalue weighted by molar-refractivity contribution is 1.26. The third-order valence-electron chi connectivity index (χ3n) is 5.85. The lowest BCUT2D eigenvalue weighted by Gasteiger charge is -2.26. The van der Waals surface area contributed by atoms with Gasteiger partial charge in [-0.25, -0.2) is 0 Å². The maximum Gasteiger partial charge on any atom is 0.0776 e. The fraction of sp³-hybridized carbons (Fsp3) is 0.214. The quantitative estimate of drug-likeness (QED) is 0.341. The molecule has 0 nitrogen and oxygen atoms in total. The standard InChI is InChI=1S/C28H31PSi/c1-21-18-22(2)27(19-21)26-17-16-25(30(3,4)5)20-28(26)29(23-12-8-6-9-13-23)24-14-10-7-11-15-24/h6-18,20H,19H2,1-5H3. The van der Waals surface area contributed by atoms with Crippen LogP contribution in [-0.4, -0.2) is 8.07 Å². The lowest BCUT2D eigenvalue weighted by atomic mass is 10.0. The van der Waals surface area contributed by atoms with Crippen molar-refractivity contribution < 1.29 is 0 Å². The third-order valence-corrected chi connectivity index (χ3v) is 10.4. The fourth-order valence-electron chi connectivity index (χ4n) is 4.25. The van der Waals surface area contributed by atoms with Crippen LogP contribution in [0.3, 0.4) is 0 Å². The molecule has 1 aliphatic carbocycles. The zero-order valence-corrected chi connectivity index (χ0v) is 20.6. The Bertz CT molecular complexity index is 1060. The Labute approximate surface area is 184 Å². The predicted octanol–water partition coefficient (Wildman–Crippen LogP) is 6.11. The number of allylic oxidation sites excluding steroid dienone is 4. The minimum atomic E-state index is -1.42. The van der Waals surface area contributed by atoms with Gasteiger partial charge in [0.1, 0.15) is 0 Å². The van der Waals surface area contributed by atoms with Crippen LogP contribution in [0.15, 0.2) is 96.1 Å². The third kappa shape index (κ3) is 4.29. The first-order chi connectivity index (χ1) is 14.3. The summed E-state index contributed by atoms with van der Waals surface area (Å²) in [4.78, 5) is 0. The van der Waals surface area contributed by atoms with E-state index >= 15 is 0 Å². The van der Waals surface area contributed by atoms with Gasteiger partial charge in [0, 0.05) is 0 Å². The van der Waals surface area contributed by atoms with Gasteiger partial charge in [0.05, 0.1) is 8.07 Å². The Morgan fingerprint density at radius 2 is 1.30 bits per heavy atom. The second kappa shape index (κ2) is 8.50. The molecule has 0 bridgehead atoms. The van der Waals surface area contributed by atoms with Crippen LogP contribution < -0.4 is 21.1 Å². The Hall–Kier alpha value is -2.21. The van der Waals surface area contributed by atoms with Crippen LogP contribution in [0.25, 0.3) is 5.57 Å². The van der Waals surface area contributed by atoms with Crippen LogP contribution in [0.1, 0.15) is 25.8 Å². The summed E-state index contributed by atoms with van der Waals surface area (Å²) in [6.07, 6.45) is 3.43. The molecule has 3 aromatic rings. The van der Waals surface area contributed by atoms with Crippen molar-refractivity contribution in [2.24, 2.45) is 0 Å². The normalized spacial score (nSPS) is 14.4. The van der Waals surface area contributed by atoms with Crippen molar-refractivity contribution in [1.29, 1.82) is 0 Å². The van der Waals surface area contributed by atoms with Gasteiger partial charge in [-0.2, -0.15) is 0 Å². The molecule has 0 saturated carbocycles. The molecule has 0 unspecified atom stereocenters. The molecule has 0 amide bonds. The summed E-state index contributed by atoms with van der Waals surface area (Å²) < 4.78 is 0. The van der Waals surface area contributed by atoms with E-state index in [0.29, 0.717) is 0 Å².